The van der Waals surface area contributed by atoms with Crippen LogP contribution >= 0.6 is 0 Å². The molecule has 11 rings (SSSR count). The van der Waals surface area contributed by atoms with E-state index in [4.69, 9.17) is 4.42 Å². The Kier molecular flexibility index (Phi) is 7.67. The summed E-state index contributed by atoms with van der Waals surface area (Å²) in [6.07, 6.45) is 13.2. The largest absolute Gasteiger partial charge is 1.00 e. The molecule has 6 aliphatic carbocycles. The van der Waals surface area contributed by atoms with Gasteiger partial charge in [-0.3, -0.25) is 0 Å². The minimum Gasteiger partial charge on any atom is -1.00 e. The summed E-state index contributed by atoms with van der Waals surface area (Å²) in [5.41, 5.74) is 13.3. The second-order valence-electron chi connectivity index (χ2n) is 14.3. The van der Waals surface area contributed by atoms with E-state index in [1.807, 2.05) is 6.26 Å². The smallest absolute Gasteiger partial charge is 1.00 e. The average Bonchev–Trinajstić information content (AvgIpc) is 3.60. The summed E-state index contributed by atoms with van der Waals surface area (Å²) in [4.78, 5) is 0. The fourth-order valence-electron chi connectivity index (χ4n) is 10.4. The van der Waals surface area contributed by atoms with Crippen molar-refractivity contribution in [3.05, 3.63) is 94.0 Å². The van der Waals surface area contributed by atoms with Gasteiger partial charge in [-0.15, -0.1) is 0 Å². The van der Waals surface area contributed by atoms with Gasteiger partial charge in [0.05, 0.1) is 14.3 Å². The second-order valence-corrected chi connectivity index (χ2v) is 20.3. The zero-order valence-electron chi connectivity index (χ0n) is 24.6. The van der Waals surface area contributed by atoms with Gasteiger partial charge in [0.2, 0.25) is 0 Å². The van der Waals surface area contributed by atoms with Gasteiger partial charge in [0, 0.05) is 11.1 Å². The summed E-state index contributed by atoms with van der Waals surface area (Å²) < 4.78 is 6.16. The first-order valence-corrected chi connectivity index (χ1v) is 19.7. The molecule has 0 amide bonds. The minimum atomic E-state index is -1.08. The Morgan fingerprint density at radius 3 is 2.05 bits per heavy atom. The maximum atomic E-state index is 5.51. The van der Waals surface area contributed by atoms with Gasteiger partial charge >= 0.3 is 179 Å². The number of allylic oxidation sites excluding steroid dienone is 2. The summed E-state index contributed by atoms with van der Waals surface area (Å²) in [5.74, 6) is 4.27. The molecular weight excluding hydrogens is 639 g/mol. The predicted octanol–water partition coefficient (Wildman–Crippen LogP) is 3.78. The van der Waals surface area contributed by atoms with Crippen molar-refractivity contribution in [3.8, 4) is 11.1 Å². The number of rotatable bonds is 2. The zero-order chi connectivity index (χ0) is 26.7. The Bertz CT molecular complexity index is 1530. The van der Waals surface area contributed by atoms with Crippen LogP contribution in [-0.2, 0) is 30.1 Å². The Morgan fingerprint density at radius 2 is 1.46 bits per heavy atom. The van der Waals surface area contributed by atoms with E-state index >= 15 is 0 Å². The number of hydrogen-bond donors (Lipinski definition) is 0. The molecule has 2 aliphatic heterocycles. The summed E-state index contributed by atoms with van der Waals surface area (Å²) >= 11 is 1.61. The average molecular weight is 678 g/mol. The van der Waals surface area contributed by atoms with Crippen LogP contribution in [0.2, 0.25) is 13.1 Å². The van der Waals surface area contributed by atoms with Crippen molar-refractivity contribution in [2.24, 2.45) is 17.8 Å². The predicted molar refractivity (Wildman–Crippen MR) is 160 cm³/mol. The SMILES string of the molecule is CC1=C2c3occc3C1[Si]2(C)C.CC1=Cc2c(-c3ccc(C45CC6CC(CC(C6)C4)C5)cc3)cccc2[CH]1[Zr+2].[Cl-].[Cl-]. The van der Waals surface area contributed by atoms with E-state index in [0.29, 0.717) is 9.04 Å². The molecule has 0 N–H and O–H groups in total. The molecule has 2 aromatic carbocycles. The van der Waals surface area contributed by atoms with Crippen molar-refractivity contribution in [1.82, 2.24) is 0 Å². The molecule has 2 unspecified atom stereocenters. The van der Waals surface area contributed by atoms with Gasteiger partial charge in [0.25, 0.3) is 0 Å². The topological polar surface area (TPSA) is 13.1 Å². The van der Waals surface area contributed by atoms with Crippen LogP contribution in [0, 0.1) is 17.8 Å². The third-order valence-corrected chi connectivity index (χ3v) is 17.5. The Hall–Kier alpha value is -1.12. The maximum Gasteiger partial charge on any atom is -1.00 e. The number of hydrogen-bond acceptors (Lipinski definition) is 1. The second kappa shape index (κ2) is 10.5. The number of benzene rings is 2. The van der Waals surface area contributed by atoms with Crippen LogP contribution in [0.1, 0.15) is 89.6 Å². The third kappa shape index (κ3) is 4.38. The van der Waals surface area contributed by atoms with Crippen LogP contribution in [-0.4, -0.2) is 8.07 Å². The summed E-state index contributed by atoms with van der Waals surface area (Å²) in [7, 11) is -1.08. The molecule has 0 spiro atoms. The number of furan rings is 1. The van der Waals surface area contributed by atoms with Crippen LogP contribution in [0.25, 0.3) is 22.4 Å². The molecule has 5 heteroatoms. The van der Waals surface area contributed by atoms with E-state index in [1.54, 1.807) is 41.1 Å². The molecule has 3 aromatic rings. The van der Waals surface area contributed by atoms with E-state index in [1.165, 1.54) is 77.7 Å². The summed E-state index contributed by atoms with van der Waals surface area (Å²) in [6, 6.07) is 18.9. The molecule has 8 aliphatic rings. The van der Waals surface area contributed by atoms with Crippen molar-refractivity contribution in [2.45, 2.75) is 80.0 Å². The van der Waals surface area contributed by atoms with Crippen molar-refractivity contribution >= 4 is 19.3 Å². The molecule has 2 atom stereocenters. The molecule has 0 radical (unpaired) electrons. The normalized spacial score (nSPS) is 32.1. The minimum absolute atomic E-state index is 0. The van der Waals surface area contributed by atoms with Crippen LogP contribution < -0.4 is 24.8 Å². The van der Waals surface area contributed by atoms with Gasteiger partial charge in [-0.25, -0.2) is 0 Å². The van der Waals surface area contributed by atoms with Gasteiger partial charge in [0.1, 0.15) is 5.76 Å². The van der Waals surface area contributed by atoms with Crippen molar-refractivity contribution in [1.29, 1.82) is 0 Å². The van der Waals surface area contributed by atoms with E-state index < -0.39 is 8.07 Å². The molecule has 4 fully saturated rings. The first-order valence-electron chi connectivity index (χ1n) is 15.2. The Balaban J connectivity index is 0.000000182. The number of halogens is 2. The molecule has 0 saturated heterocycles. The van der Waals surface area contributed by atoms with E-state index in [2.05, 4.69) is 81.5 Å². The van der Waals surface area contributed by atoms with E-state index in [0.717, 1.165) is 23.3 Å². The number of fused-ring (bicyclic) bond motifs is 1. The molecular formula is C36H39Cl2OSiZr. The fourth-order valence-corrected chi connectivity index (χ4v) is 15.4. The van der Waals surface area contributed by atoms with Crippen LogP contribution in [0.5, 0.6) is 0 Å². The van der Waals surface area contributed by atoms with Gasteiger partial charge in [0.15, 0.2) is 0 Å². The van der Waals surface area contributed by atoms with Crippen LogP contribution in [0.4, 0.5) is 0 Å². The van der Waals surface area contributed by atoms with Crippen LogP contribution in [0.15, 0.2) is 70.4 Å². The van der Waals surface area contributed by atoms with Crippen molar-refractivity contribution < 1.29 is 54.0 Å². The van der Waals surface area contributed by atoms with Crippen molar-refractivity contribution in [3.63, 3.8) is 0 Å². The standard InChI is InChI=1S/C26H27.C10H12OSi.2ClH.Zr/c1-17-9-22-3-2-4-24(25(22)10-17)21-5-7-23(8-6-21)26-14-18-11-19(15-26)13-20(12-18)16-26;1-6-9-7-4-5-11-8(7)10(6)12(9,2)3;;;/h2-10,18-20H,11-16H2,1H3;4-5,9H,1-3H3;2*1H;/q;;;;+2/p-2. The molecule has 1 nitrogen and oxygen atoms in total. The van der Waals surface area contributed by atoms with Gasteiger partial charge in [-0.05, 0) is 18.2 Å². The zero-order valence-corrected chi connectivity index (χ0v) is 29.5. The van der Waals surface area contributed by atoms with Crippen molar-refractivity contribution in [2.75, 3.05) is 0 Å². The van der Waals surface area contributed by atoms with Gasteiger partial charge < -0.3 is 29.2 Å². The van der Waals surface area contributed by atoms with Gasteiger partial charge in [-0.1, -0.05) is 18.7 Å². The molecule has 1 aromatic heterocycles. The molecule has 211 valence electrons. The monoisotopic (exact) mass is 675 g/mol. The fraction of sp³-hybridized carbons (Fsp3) is 0.444. The molecule has 41 heavy (non-hydrogen) atoms. The quantitative estimate of drug-likeness (QED) is 0.377. The maximum absolute atomic E-state index is 5.51. The first kappa shape index (κ1) is 29.9. The van der Waals surface area contributed by atoms with Crippen LogP contribution in [0.3, 0.4) is 0 Å². The molecule has 3 heterocycles. The Labute approximate surface area is 274 Å². The molecule has 4 saturated carbocycles. The van der Waals surface area contributed by atoms with E-state index in [9.17, 15) is 0 Å². The first-order chi connectivity index (χ1) is 18.7. The summed E-state index contributed by atoms with van der Waals surface area (Å²) in [6.45, 7) is 9.43. The van der Waals surface area contributed by atoms with E-state index in [-0.39, 0.29) is 24.8 Å². The molecule has 6 bridgehead atoms. The Morgan fingerprint density at radius 1 is 0.829 bits per heavy atom. The van der Waals surface area contributed by atoms with Gasteiger partial charge in [-0.2, -0.15) is 0 Å². The third-order valence-electron chi connectivity index (χ3n) is 11.6. The summed E-state index contributed by atoms with van der Waals surface area (Å²) in [5, 5.41) is 1.59.